The first-order valence-electron chi connectivity index (χ1n) is 5.95. The van der Waals surface area contributed by atoms with Gasteiger partial charge in [-0.25, -0.2) is 0 Å². The first-order valence-corrected chi connectivity index (χ1v) is 5.95. The third kappa shape index (κ3) is 3.07. The summed E-state index contributed by atoms with van der Waals surface area (Å²) in [6.07, 6.45) is 1.51. The summed E-state index contributed by atoms with van der Waals surface area (Å²) in [5.74, 6) is -0.461. The van der Waals surface area contributed by atoms with E-state index in [1.54, 1.807) is 24.3 Å². The molecular weight excluding hydrogens is 232 g/mol. The van der Waals surface area contributed by atoms with Crippen LogP contribution in [0.5, 0.6) is 0 Å². The van der Waals surface area contributed by atoms with Crippen molar-refractivity contribution in [2.75, 3.05) is 18.5 Å². The van der Waals surface area contributed by atoms with E-state index in [0.717, 1.165) is 12.8 Å². The Hall–Kier alpha value is -1.88. The molecule has 0 radical (unpaired) electrons. The Bertz CT molecular complexity index is 436. The highest BCUT2D eigenvalue weighted by molar-refractivity contribution is 5.95. The molecule has 0 aliphatic carbocycles. The van der Waals surface area contributed by atoms with Gasteiger partial charge in [-0.3, -0.25) is 9.59 Å². The summed E-state index contributed by atoms with van der Waals surface area (Å²) >= 11 is 0. The van der Waals surface area contributed by atoms with Crippen LogP contribution in [0.2, 0.25) is 0 Å². The SMILES string of the molecule is NC(=O)c1ccc(NC(=O)C2CCOCC2)cc1. The predicted octanol–water partition coefficient (Wildman–Crippen LogP) is 1.15. The number of ether oxygens (including phenoxy) is 1. The Labute approximate surface area is 105 Å². The quantitative estimate of drug-likeness (QED) is 0.841. The van der Waals surface area contributed by atoms with Crippen LogP contribution in [0.15, 0.2) is 24.3 Å². The minimum absolute atomic E-state index is 0.00475. The third-order valence-corrected chi connectivity index (χ3v) is 3.03. The average molecular weight is 248 g/mol. The lowest BCUT2D eigenvalue weighted by Crippen LogP contribution is -2.28. The van der Waals surface area contributed by atoms with Gasteiger partial charge in [0.25, 0.3) is 0 Å². The molecule has 96 valence electrons. The van der Waals surface area contributed by atoms with E-state index in [2.05, 4.69) is 5.32 Å². The molecule has 0 bridgehead atoms. The van der Waals surface area contributed by atoms with Crippen molar-refractivity contribution in [3.8, 4) is 0 Å². The maximum Gasteiger partial charge on any atom is 0.248 e. The molecule has 5 nitrogen and oxygen atoms in total. The zero-order valence-corrected chi connectivity index (χ0v) is 10.0. The van der Waals surface area contributed by atoms with Gasteiger partial charge in [0.1, 0.15) is 0 Å². The van der Waals surface area contributed by atoms with E-state index in [4.69, 9.17) is 10.5 Å². The predicted molar refractivity (Wildman–Crippen MR) is 67.1 cm³/mol. The molecule has 0 unspecified atom stereocenters. The van der Waals surface area contributed by atoms with Crippen LogP contribution < -0.4 is 11.1 Å². The van der Waals surface area contributed by atoms with Crippen molar-refractivity contribution in [2.24, 2.45) is 11.7 Å². The standard InChI is InChI=1S/C13H16N2O3/c14-12(16)9-1-3-11(4-2-9)15-13(17)10-5-7-18-8-6-10/h1-4,10H,5-8H2,(H2,14,16)(H,15,17). The Morgan fingerprint density at radius 3 is 2.33 bits per heavy atom. The summed E-state index contributed by atoms with van der Waals surface area (Å²) in [5, 5.41) is 2.83. The van der Waals surface area contributed by atoms with Crippen molar-refractivity contribution in [2.45, 2.75) is 12.8 Å². The number of anilines is 1. The molecular formula is C13H16N2O3. The van der Waals surface area contributed by atoms with Gasteiger partial charge in [0.15, 0.2) is 0 Å². The Balaban J connectivity index is 1.96. The maximum absolute atomic E-state index is 11.9. The second kappa shape index (κ2) is 5.64. The van der Waals surface area contributed by atoms with Crippen molar-refractivity contribution in [1.82, 2.24) is 0 Å². The Morgan fingerprint density at radius 2 is 1.78 bits per heavy atom. The summed E-state index contributed by atoms with van der Waals surface area (Å²) in [5.41, 5.74) is 6.25. The molecule has 1 aromatic carbocycles. The first kappa shape index (κ1) is 12.6. The van der Waals surface area contributed by atoms with Gasteiger partial charge in [-0.05, 0) is 37.1 Å². The number of rotatable bonds is 3. The molecule has 0 atom stereocenters. The van der Waals surface area contributed by atoms with Crippen LogP contribution >= 0.6 is 0 Å². The molecule has 18 heavy (non-hydrogen) atoms. The number of nitrogens with one attached hydrogen (secondary N) is 1. The lowest BCUT2D eigenvalue weighted by molar-refractivity contribution is -0.122. The van der Waals surface area contributed by atoms with Gasteiger partial charge >= 0.3 is 0 Å². The Kier molecular flexibility index (Phi) is 3.94. The summed E-state index contributed by atoms with van der Waals surface area (Å²) in [6.45, 7) is 1.28. The third-order valence-electron chi connectivity index (χ3n) is 3.03. The minimum atomic E-state index is -0.475. The van der Waals surface area contributed by atoms with Gasteiger partial charge in [0.05, 0.1) is 0 Å². The summed E-state index contributed by atoms with van der Waals surface area (Å²) in [6, 6.07) is 6.55. The molecule has 0 spiro atoms. The van der Waals surface area contributed by atoms with Crippen molar-refractivity contribution in [3.63, 3.8) is 0 Å². The molecule has 1 aliphatic heterocycles. The molecule has 1 aliphatic rings. The molecule has 1 fully saturated rings. The number of primary amides is 1. The van der Waals surface area contributed by atoms with Crippen LogP contribution in [-0.4, -0.2) is 25.0 Å². The number of carbonyl (C=O) groups excluding carboxylic acids is 2. The van der Waals surface area contributed by atoms with E-state index in [0.29, 0.717) is 24.5 Å². The highest BCUT2D eigenvalue weighted by Crippen LogP contribution is 2.17. The zero-order valence-electron chi connectivity index (χ0n) is 10.0. The van der Waals surface area contributed by atoms with Crippen LogP contribution in [-0.2, 0) is 9.53 Å². The lowest BCUT2D eigenvalue weighted by atomic mass is 9.99. The molecule has 5 heteroatoms. The van der Waals surface area contributed by atoms with Crippen LogP contribution in [0.4, 0.5) is 5.69 Å². The van der Waals surface area contributed by atoms with E-state index >= 15 is 0 Å². The van der Waals surface area contributed by atoms with E-state index in [1.165, 1.54) is 0 Å². The average Bonchev–Trinajstić information content (AvgIpc) is 2.40. The molecule has 1 saturated heterocycles. The highest BCUT2D eigenvalue weighted by Gasteiger charge is 2.21. The Morgan fingerprint density at radius 1 is 1.17 bits per heavy atom. The summed E-state index contributed by atoms with van der Waals surface area (Å²) in [4.78, 5) is 22.8. The second-order valence-corrected chi connectivity index (χ2v) is 4.32. The molecule has 0 aromatic heterocycles. The lowest BCUT2D eigenvalue weighted by Gasteiger charge is -2.21. The number of nitrogens with two attached hydrogens (primary N) is 1. The molecule has 0 saturated carbocycles. The fraction of sp³-hybridized carbons (Fsp3) is 0.385. The number of carbonyl (C=O) groups is 2. The van der Waals surface area contributed by atoms with Gasteiger partial charge in [0, 0.05) is 30.4 Å². The van der Waals surface area contributed by atoms with Crippen molar-refractivity contribution in [1.29, 1.82) is 0 Å². The highest BCUT2D eigenvalue weighted by atomic mass is 16.5. The smallest absolute Gasteiger partial charge is 0.248 e. The summed E-state index contributed by atoms with van der Waals surface area (Å²) in [7, 11) is 0. The maximum atomic E-state index is 11.9. The molecule has 2 amide bonds. The number of amides is 2. The summed E-state index contributed by atoms with van der Waals surface area (Å²) < 4.78 is 5.21. The van der Waals surface area contributed by atoms with Gasteiger partial charge in [0.2, 0.25) is 11.8 Å². The largest absolute Gasteiger partial charge is 0.381 e. The molecule has 1 aromatic rings. The minimum Gasteiger partial charge on any atom is -0.381 e. The topological polar surface area (TPSA) is 81.4 Å². The normalized spacial score (nSPS) is 16.2. The number of benzene rings is 1. The van der Waals surface area contributed by atoms with E-state index in [-0.39, 0.29) is 11.8 Å². The van der Waals surface area contributed by atoms with Gasteiger partial charge in [-0.1, -0.05) is 0 Å². The fourth-order valence-corrected chi connectivity index (χ4v) is 1.92. The first-order chi connectivity index (χ1) is 8.66. The van der Waals surface area contributed by atoms with E-state index < -0.39 is 5.91 Å². The second-order valence-electron chi connectivity index (χ2n) is 4.32. The van der Waals surface area contributed by atoms with E-state index in [9.17, 15) is 9.59 Å². The fourth-order valence-electron chi connectivity index (χ4n) is 1.92. The van der Waals surface area contributed by atoms with E-state index in [1.807, 2.05) is 0 Å². The van der Waals surface area contributed by atoms with Crippen molar-refractivity contribution in [3.05, 3.63) is 29.8 Å². The monoisotopic (exact) mass is 248 g/mol. The van der Waals surface area contributed by atoms with Crippen LogP contribution in [0.3, 0.4) is 0 Å². The zero-order chi connectivity index (χ0) is 13.0. The molecule has 1 heterocycles. The number of hydrogen-bond acceptors (Lipinski definition) is 3. The van der Waals surface area contributed by atoms with Crippen molar-refractivity contribution >= 4 is 17.5 Å². The van der Waals surface area contributed by atoms with Gasteiger partial charge < -0.3 is 15.8 Å². The van der Waals surface area contributed by atoms with Crippen molar-refractivity contribution < 1.29 is 14.3 Å². The molecule has 2 rings (SSSR count). The molecule has 3 N–H and O–H groups in total. The van der Waals surface area contributed by atoms with Crippen LogP contribution in [0.1, 0.15) is 23.2 Å². The number of hydrogen-bond donors (Lipinski definition) is 2. The van der Waals surface area contributed by atoms with Gasteiger partial charge in [-0.2, -0.15) is 0 Å². The van der Waals surface area contributed by atoms with Crippen LogP contribution in [0.25, 0.3) is 0 Å². The van der Waals surface area contributed by atoms with Crippen LogP contribution in [0, 0.1) is 5.92 Å². The van der Waals surface area contributed by atoms with Gasteiger partial charge in [-0.15, -0.1) is 0 Å².